The Bertz CT molecular complexity index is 643. The molecule has 1 aromatic carbocycles. The normalized spacial score (nSPS) is 10.7. The van der Waals surface area contributed by atoms with Gasteiger partial charge in [0.25, 0.3) is 0 Å². The molecule has 0 aliphatic rings. The SMILES string of the molecule is COc1ccc(-c2nnc(SCCCC#N)n2C(C)C)cc1. The molecule has 116 valence electrons. The van der Waals surface area contributed by atoms with E-state index < -0.39 is 0 Å². The van der Waals surface area contributed by atoms with Crippen LogP contribution in [0.4, 0.5) is 0 Å². The summed E-state index contributed by atoms with van der Waals surface area (Å²) in [5.74, 6) is 2.56. The highest BCUT2D eigenvalue weighted by Gasteiger charge is 2.16. The fourth-order valence-electron chi connectivity index (χ4n) is 2.09. The van der Waals surface area contributed by atoms with E-state index in [0.29, 0.717) is 6.42 Å². The Kier molecular flexibility index (Phi) is 5.84. The van der Waals surface area contributed by atoms with Crippen molar-refractivity contribution in [2.75, 3.05) is 12.9 Å². The molecule has 2 aromatic rings. The van der Waals surface area contributed by atoms with E-state index in [0.717, 1.165) is 34.5 Å². The quantitative estimate of drug-likeness (QED) is 0.572. The van der Waals surface area contributed by atoms with Gasteiger partial charge in [-0.15, -0.1) is 10.2 Å². The summed E-state index contributed by atoms with van der Waals surface area (Å²) >= 11 is 1.65. The van der Waals surface area contributed by atoms with Crippen molar-refractivity contribution in [3.63, 3.8) is 0 Å². The van der Waals surface area contributed by atoms with Crippen molar-refractivity contribution in [1.29, 1.82) is 5.26 Å². The number of hydrogen-bond donors (Lipinski definition) is 0. The van der Waals surface area contributed by atoms with Crippen LogP contribution in [0, 0.1) is 11.3 Å². The van der Waals surface area contributed by atoms with Crippen LogP contribution in [0.15, 0.2) is 29.4 Å². The summed E-state index contributed by atoms with van der Waals surface area (Å²) in [6.45, 7) is 4.24. The van der Waals surface area contributed by atoms with Crippen LogP contribution >= 0.6 is 11.8 Å². The highest BCUT2D eigenvalue weighted by atomic mass is 32.2. The second-order valence-electron chi connectivity index (χ2n) is 5.11. The van der Waals surface area contributed by atoms with Gasteiger partial charge in [0.1, 0.15) is 5.75 Å². The van der Waals surface area contributed by atoms with Crippen molar-refractivity contribution in [1.82, 2.24) is 14.8 Å². The fraction of sp³-hybridized carbons (Fsp3) is 0.438. The molecule has 0 aliphatic carbocycles. The minimum absolute atomic E-state index is 0.269. The van der Waals surface area contributed by atoms with Gasteiger partial charge in [0.2, 0.25) is 0 Å². The zero-order chi connectivity index (χ0) is 15.9. The number of unbranched alkanes of at least 4 members (excludes halogenated alkanes) is 1. The van der Waals surface area contributed by atoms with Gasteiger partial charge in [0, 0.05) is 23.8 Å². The lowest BCUT2D eigenvalue weighted by molar-refractivity contribution is 0.415. The molecule has 0 bridgehead atoms. The predicted molar refractivity (Wildman–Crippen MR) is 88.0 cm³/mol. The maximum atomic E-state index is 8.60. The molecule has 2 rings (SSSR count). The maximum Gasteiger partial charge on any atom is 0.191 e. The first-order valence-electron chi connectivity index (χ1n) is 7.26. The molecule has 0 saturated heterocycles. The Morgan fingerprint density at radius 2 is 2.00 bits per heavy atom. The summed E-state index contributed by atoms with van der Waals surface area (Å²) in [6.07, 6.45) is 1.44. The van der Waals surface area contributed by atoms with E-state index in [1.54, 1.807) is 18.9 Å². The number of rotatable bonds is 7. The lowest BCUT2D eigenvalue weighted by Gasteiger charge is -2.13. The van der Waals surface area contributed by atoms with Gasteiger partial charge in [-0.3, -0.25) is 4.57 Å². The molecular weight excluding hydrogens is 296 g/mol. The summed E-state index contributed by atoms with van der Waals surface area (Å²) in [7, 11) is 1.65. The third kappa shape index (κ3) is 3.80. The largest absolute Gasteiger partial charge is 0.497 e. The number of methoxy groups -OCH3 is 1. The predicted octanol–water partition coefficient (Wildman–Crippen LogP) is 3.93. The second kappa shape index (κ2) is 7.85. The summed E-state index contributed by atoms with van der Waals surface area (Å²) < 4.78 is 7.33. The smallest absolute Gasteiger partial charge is 0.191 e. The monoisotopic (exact) mass is 316 g/mol. The van der Waals surface area contributed by atoms with Gasteiger partial charge in [-0.1, -0.05) is 11.8 Å². The van der Waals surface area contributed by atoms with E-state index >= 15 is 0 Å². The van der Waals surface area contributed by atoms with Crippen LogP contribution in [0.5, 0.6) is 5.75 Å². The van der Waals surface area contributed by atoms with Crippen molar-refractivity contribution in [2.45, 2.75) is 37.9 Å². The van der Waals surface area contributed by atoms with Crippen LogP contribution in [0.1, 0.15) is 32.7 Å². The van der Waals surface area contributed by atoms with Crippen molar-refractivity contribution >= 4 is 11.8 Å². The lowest BCUT2D eigenvalue weighted by atomic mass is 10.2. The van der Waals surface area contributed by atoms with E-state index in [1.807, 2.05) is 24.3 Å². The van der Waals surface area contributed by atoms with Crippen LogP contribution in [0.3, 0.4) is 0 Å². The van der Waals surface area contributed by atoms with Crippen molar-refractivity contribution in [3.8, 4) is 23.2 Å². The summed E-state index contributed by atoms with van der Waals surface area (Å²) in [5, 5.41) is 18.2. The Morgan fingerprint density at radius 3 is 2.59 bits per heavy atom. The molecule has 0 aliphatic heterocycles. The van der Waals surface area contributed by atoms with Crippen LogP contribution in [-0.4, -0.2) is 27.6 Å². The van der Waals surface area contributed by atoms with E-state index in [2.05, 4.69) is 34.7 Å². The minimum Gasteiger partial charge on any atom is -0.497 e. The number of nitriles is 1. The Hall–Kier alpha value is -2.00. The number of ether oxygens (including phenoxy) is 1. The average Bonchev–Trinajstić information content (AvgIpc) is 2.96. The molecule has 5 nitrogen and oxygen atoms in total. The van der Waals surface area contributed by atoms with Crippen LogP contribution in [-0.2, 0) is 0 Å². The third-order valence-corrected chi connectivity index (χ3v) is 4.22. The molecule has 0 spiro atoms. The van der Waals surface area contributed by atoms with Crippen LogP contribution in [0.25, 0.3) is 11.4 Å². The molecule has 1 heterocycles. The number of hydrogen-bond acceptors (Lipinski definition) is 5. The molecule has 22 heavy (non-hydrogen) atoms. The lowest BCUT2D eigenvalue weighted by Crippen LogP contribution is -2.05. The molecule has 0 atom stereocenters. The summed E-state index contributed by atoms with van der Waals surface area (Å²) in [5.41, 5.74) is 1.02. The summed E-state index contributed by atoms with van der Waals surface area (Å²) in [6, 6.07) is 10.3. The molecule has 0 saturated carbocycles. The number of thioether (sulfide) groups is 1. The second-order valence-corrected chi connectivity index (χ2v) is 6.17. The third-order valence-electron chi connectivity index (χ3n) is 3.19. The summed E-state index contributed by atoms with van der Waals surface area (Å²) in [4.78, 5) is 0. The van der Waals surface area contributed by atoms with E-state index in [1.165, 1.54) is 0 Å². The zero-order valence-electron chi connectivity index (χ0n) is 13.1. The molecule has 6 heteroatoms. The molecule has 0 radical (unpaired) electrons. The van der Waals surface area contributed by atoms with Crippen molar-refractivity contribution in [3.05, 3.63) is 24.3 Å². The highest BCUT2D eigenvalue weighted by Crippen LogP contribution is 2.29. The van der Waals surface area contributed by atoms with Crippen LogP contribution < -0.4 is 4.74 Å². The highest BCUT2D eigenvalue weighted by molar-refractivity contribution is 7.99. The van der Waals surface area contributed by atoms with Gasteiger partial charge in [-0.25, -0.2) is 0 Å². The zero-order valence-corrected chi connectivity index (χ0v) is 13.9. The van der Waals surface area contributed by atoms with Gasteiger partial charge < -0.3 is 4.74 Å². The molecule has 0 fully saturated rings. The Balaban J connectivity index is 2.24. The van der Waals surface area contributed by atoms with Gasteiger partial charge in [-0.2, -0.15) is 5.26 Å². The Morgan fingerprint density at radius 1 is 1.27 bits per heavy atom. The van der Waals surface area contributed by atoms with Gasteiger partial charge in [0.15, 0.2) is 11.0 Å². The van der Waals surface area contributed by atoms with Crippen molar-refractivity contribution < 1.29 is 4.74 Å². The first-order valence-corrected chi connectivity index (χ1v) is 8.25. The fourth-order valence-corrected chi connectivity index (χ4v) is 3.10. The van der Waals surface area contributed by atoms with Gasteiger partial charge in [-0.05, 0) is 44.5 Å². The number of benzene rings is 1. The molecule has 0 N–H and O–H groups in total. The Labute approximate surface area is 135 Å². The first kappa shape index (κ1) is 16.4. The minimum atomic E-state index is 0.269. The van der Waals surface area contributed by atoms with E-state index in [4.69, 9.17) is 10.00 Å². The number of aromatic nitrogens is 3. The number of nitrogens with zero attached hydrogens (tertiary/aromatic N) is 4. The average molecular weight is 316 g/mol. The van der Waals surface area contributed by atoms with Crippen LogP contribution in [0.2, 0.25) is 0 Å². The molecule has 0 unspecified atom stereocenters. The molecule has 0 amide bonds. The van der Waals surface area contributed by atoms with E-state index in [9.17, 15) is 0 Å². The van der Waals surface area contributed by atoms with Gasteiger partial charge in [0.05, 0.1) is 13.2 Å². The molecule has 1 aromatic heterocycles. The maximum absolute atomic E-state index is 8.60. The first-order chi connectivity index (χ1) is 10.7. The van der Waals surface area contributed by atoms with E-state index in [-0.39, 0.29) is 6.04 Å². The van der Waals surface area contributed by atoms with Crippen molar-refractivity contribution in [2.24, 2.45) is 0 Å². The standard InChI is InChI=1S/C16H20N4OS/c1-12(2)20-15(13-6-8-14(21-3)9-7-13)18-19-16(20)22-11-5-4-10-17/h6-9,12H,4-5,11H2,1-3H3. The van der Waals surface area contributed by atoms with Gasteiger partial charge >= 0.3 is 0 Å². The molecular formula is C16H20N4OS. The topological polar surface area (TPSA) is 63.7 Å².